The zero-order valence-electron chi connectivity index (χ0n) is 10.9. The second-order valence-corrected chi connectivity index (χ2v) is 5.58. The maximum atomic E-state index is 11.2. The molecule has 1 aliphatic rings. The van der Waals surface area contributed by atoms with Gasteiger partial charge < -0.3 is 9.47 Å². The first-order valence-corrected chi connectivity index (χ1v) is 7.19. The number of carbonyl (C=O) groups excluding carboxylic acids is 1. The van der Waals surface area contributed by atoms with Crippen molar-refractivity contribution in [3.05, 3.63) is 15.6 Å². The van der Waals surface area contributed by atoms with Crippen molar-refractivity contribution in [2.24, 2.45) is 0 Å². The largest absolute Gasteiger partial charge is 0.353 e. The van der Waals surface area contributed by atoms with Crippen LogP contribution in [-0.2, 0) is 15.9 Å². The molecule has 5 heteroatoms. The number of ketones is 1. The Morgan fingerprint density at radius 2 is 2.39 bits per heavy atom. The van der Waals surface area contributed by atoms with Crippen LogP contribution >= 0.6 is 11.3 Å². The number of Topliss-reactive ketones (excluding diaryl/α,β-unsaturated/α-hetero) is 1. The highest BCUT2D eigenvalue weighted by Gasteiger charge is 2.15. The summed E-state index contributed by atoms with van der Waals surface area (Å²) in [6.45, 7) is 4.92. The van der Waals surface area contributed by atoms with E-state index in [9.17, 15) is 4.79 Å². The van der Waals surface area contributed by atoms with Gasteiger partial charge in [-0.05, 0) is 26.2 Å². The fourth-order valence-electron chi connectivity index (χ4n) is 1.94. The van der Waals surface area contributed by atoms with Gasteiger partial charge in [0.05, 0.1) is 12.3 Å². The van der Waals surface area contributed by atoms with Gasteiger partial charge >= 0.3 is 0 Å². The molecule has 0 N–H and O–H groups in total. The number of thiazole rings is 1. The molecule has 4 nitrogen and oxygen atoms in total. The van der Waals surface area contributed by atoms with Crippen LogP contribution in [0.25, 0.3) is 0 Å². The van der Waals surface area contributed by atoms with Crippen LogP contribution < -0.4 is 0 Å². The van der Waals surface area contributed by atoms with Crippen molar-refractivity contribution in [1.29, 1.82) is 0 Å². The quantitative estimate of drug-likeness (QED) is 0.771. The summed E-state index contributed by atoms with van der Waals surface area (Å²) in [5.41, 5.74) is 0.943. The maximum absolute atomic E-state index is 11.2. The van der Waals surface area contributed by atoms with E-state index in [0.717, 1.165) is 36.4 Å². The molecule has 1 unspecified atom stereocenters. The fourth-order valence-corrected chi connectivity index (χ4v) is 2.87. The zero-order chi connectivity index (χ0) is 13.0. The SMILES string of the molecule is CC(=O)c1nc(C)c(CCOC2CCCCO2)s1. The van der Waals surface area contributed by atoms with Crippen molar-refractivity contribution in [2.45, 2.75) is 45.8 Å². The number of hydrogen-bond donors (Lipinski definition) is 0. The monoisotopic (exact) mass is 269 g/mol. The summed E-state index contributed by atoms with van der Waals surface area (Å²) in [7, 11) is 0. The maximum Gasteiger partial charge on any atom is 0.188 e. The molecule has 0 radical (unpaired) electrons. The molecule has 1 fully saturated rings. The summed E-state index contributed by atoms with van der Waals surface area (Å²) in [6, 6.07) is 0. The molecule has 1 aliphatic heterocycles. The lowest BCUT2D eigenvalue weighted by atomic mass is 10.2. The molecular weight excluding hydrogens is 250 g/mol. The van der Waals surface area contributed by atoms with E-state index in [2.05, 4.69) is 4.98 Å². The van der Waals surface area contributed by atoms with E-state index in [4.69, 9.17) is 9.47 Å². The smallest absolute Gasteiger partial charge is 0.188 e. The second kappa shape index (κ2) is 6.41. The van der Waals surface area contributed by atoms with Crippen LogP contribution in [0.3, 0.4) is 0 Å². The molecular formula is C13H19NO3S. The lowest BCUT2D eigenvalue weighted by molar-refractivity contribution is -0.161. The molecule has 2 heterocycles. The Bertz CT molecular complexity index is 410. The summed E-state index contributed by atoms with van der Waals surface area (Å²) in [6.07, 6.45) is 4.06. The van der Waals surface area contributed by atoms with Gasteiger partial charge in [-0.25, -0.2) is 4.98 Å². The molecule has 0 amide bonds. The van der Waals surface area contributed by atoms with E-state index in [1.807, 2.05) is 6.92 Å². The van der Waals surface area contributed by atoms with Crippen molar-refractivity contribution in [2.75, 3.05) is 13.2 Å². The molecule has 100 valence electrons. The average Bonchev–Trinajstić information content (AvgIpc) is 2.73. The number of carbonyl (C=O) groups is 1. The standard InChI is InChI=1S/C13H19NO3S/c1-9-11(18-13(14-9)10(2)15)6-8-17-12-5-3-4-7-16-12/h12H,3-8H2,1-2H3. The normalized spacial score (nSPS) is 20.0. The number of hydrogen-bond acceptors (Lipinski definition) is 5. The van der Waals surface area contributed by atoms with E-state index in [1.165, 1.54) is 17.8 Å². The lowest BCUT2D eigenvalue weighted by Gasteiger charge is -2.22. The minimum absolute atomic E-state index is 0.0332. The number of ether oxygens (including phenoxy) is 2. The highest BCUT2D eigenvalue weighted by molar-refractivity contribution is 7.13. The Morgan fingerprint density at radius 1 is 1.56 bits per heavy atom. The first-order chi connectivity index (χ1) is 8.66. The van der Waals surface area contributed by atoms with E-state index >= 15 is 0 Å². The highest BCUT2D eigenvalue weighted by atomic mass is 32.1. The predicted molar refractivity (Wildman–Crippen MR) is 70.1 cm³/mol. The van der Waals surface area contributed by atoms with Crippen molar-refractivity contribution < 1.29 is 14.3 Å². The molecule has 0 aromatic carbocycles. The number of aryl methyl sites for hydroxylation is 1. The zero-order valence-corrected chi connectivity index (χ0v) is 11.7. The second-order valence-electron chi connectivity index (χ2n) is 4.50. The van der Waals surface area contributed by atoms with E-state index in [-0.39, 0.29) is 12.1 Å². The fraction of sp³-hybridized carbons (Fsp3) is 0.692. The summed E-state index contributed by atoms with van der Waals surface area (Å²) in [5, 5.41) is 0.594. The lowest BCUT2D eigenvalue weighted by Crippen LogP contribution is -2.23. The third kappa shape index (κ3) is 3.60. The van der Waals surface area contributed by atoms with Crippen LogP contribution in [0.5, 0.6) is 0 Å². The first kappa shape index (κ1) is 13.6. The molecule has 1 aromatic heterocycles. The summed E-state index contributed by atoms with van der Waals surface area (Å²) in [4.78, 5) is 16.6. The third-order valence-electron chi connectivity index (χ3n) is 2.96. The molecule has 0 bridgehead atoms. The van der Waals surface area contributed by atoms with Crippen LogP contribution in [-0.4, -0.2) is 30.3 Å². The Labute approximate surface area is 111 Å². The minimum Gasteiger partial charge on any atom is -0.353 e. The van der Waals surface area contributed by atoms with Crippen LogP contribution in [0.1, 0.15) is 46.6 Å². The highest BCUT2D eigenvalue weighted by Crippen LogP contribution is 2.20. The van der Waals surface area contributed by atoms with Crippen LogP contribution in [0.2, 0.25) is 0 Å². The Morgan fingerprint density at radius 3 is 3.00 bits per heavy atom. The van der Waals surface area contributed by atoms with E-state index < -0.39 is 0 Å². The summed E-state index contributed by atoms with van der Waals surface area (Å²) < 4.78 is 11.2. The molecule has 0 aliphatic carbocycles. The minimum atomic E-state index is -0.0424. The van der Waals surface area contributed by atoms with Gasteiger partial charge in [0.15, 0.2) is 17.1 Å². The summed E-state index contributed by atoms with van der Waals surface area (Å²) in [5.74, 6) is 0.0332. The summed E-state index contributed by atoms with van der Waals surface area (Å²) >= 11 is 1.47. The number of nitrogens with zero attached hydrogens (tertiary/aromatic N) is 1. The van der Waals surface area contributed by atoms with Crippen molar-refractivity contribution >= 4 is 17.1 Å². The Kier molecular flexibility index (Phi) is 4.86. The van der Waals surface area contributed by atoms with Gasteiger partial charge in [-0.15, -0.1) is 11.3 Å². The van der Waals surface area contributed by atoms with Gasteiger partial charge in [0.25, 0.3) is 0 Å². The van der Waals surface area contributed by atoms with E-state index in [1.54, 1.807) is 6.92 Å². The van der Waals surface area contributed by atoms with Gasteiger partial charge in [-0.2, -0.15) is 0 Å². The topological polar surface area (TPSA) is 48.4 Å². The van der Waals surface area contributed by atoms with Gasteiger partial charge in [0.2, 0.25) is 0 Å². The van der Waals surface area contributed by atoms with Crippen LogP contribution in [0, 0.1) is 6.92 Å². The van der Waals surface area contributed by atoms with Gasteiger partial charge in [-0.3, -0.25) is 4.79 Å². The Hall–Kier alpha value is -0.780. The molecule has 1 atom stereocenters. The van der Waals surface area contributed by atoms with Gasteiger partial charge in [0.1, 0.15) is 0 Å². The van der Waals surface area contributed by atoms with Crippen LogP contribution in [0.15, 0.2) is 0 Å². The van der Waals surface area contributed by atoms with Crippen molar-refractivity contribution in [1.82, 2.24) is 4.98 Å². The molecule has 0 spiro atoms. The number of rotatable bonds is 5. The molecule has 1 saturated heterocycles. The predicted octanol–water partition coefficient (Wildman–Crippen LogP) is 2.74. The van der Waals surface area contributed by atoms with Crippen molar-refractivity contribution in [3.63, 3.8) is 0 Å². The Balaban J connectivity index is 1.80. The average molecular weight is 269 g/mol. The molecule has 18 heavy (non-hydrogen) atoms. The molecule has 2 rings (SSSR count). The number of aromatic nitrogens is 1. The molecule has 1 aromatic rings. The van der Waals surface area contributed by atoms with Gasteiger partial charge in [-0.1, -0.05) is 0 Å². The first-order valence-electron chi connectivity index (χ1n) is 6.37. The van der Waals surface area contributed by atoms with Crippen LogP contribution in [0.4, 0.5) is 0 Å². The third-order valence-corrected chi connectivity index (χ3v) is 4.28. The molecule has 0 saturated carbocycles. The van der Waals surface area contributed by atoms with Gasteiger partial charge in [0, 0.05) is 24.8 Å². The van der Waals surface area contributed by atoms with Crippen molar-refractivity contribution in [3.8, 4) is 0 Å². The van der Waals surface area contributed by atoms with E-state index in [0.29, 0.717) is 11.6 Å².